The molecule has 1 aliphatic carbocycles. The van der Waals surface area contributed by atoms with Crippen molar-refractivity contribution in [3.63, 3.8) is 0 Å². The second kappa shape index (κ2) is 7.11. The second-order valence-corrected chi connectivity index (χ2v) is 7.54. The highest BCUT2D eigenvalue weighted by Gasteiger charge is 2.40. The number of likely N-dealkylation sites (tertiary alicyclic amines) is 1. The molecule has 1 unspecified atom stereocenters. The molecule has 4 nitrogen and oxygen atoms in total. The van der Waals surface area contributed by atoms with Crippen molar-refractivity contribution in [3.05, 3.63) is 53.3 Å². The number of aromatic nitrogens is 2. The van der Waals surface area contributed by atoms with Crippen molar-refractivity contribution in [3.8, 4) is 0 Å². The van der Waals surface area contributed by atoms with E-state index in [1.54, 1.807) is 0 Å². The maximum absolute atomic E-state index is 13.0. The first-order chi connectivity index (χ1) is 12.9. The van der Waals surface area contributed by atoms with Gasteiger partial charge in [-0.1, -0.05) is 29.8 Å². The Morgan fingerprint density at radius 3 is 2.48 bits per heavy atom. The molecule has 4 rings (SSSR count). The third-order valence-corrected chi connectivity index (χ3v) is 5.27. The van der Waals surface area contributed by atoms with Gasteiger partial charge >= 0.3 is 6.18 Å². The molecule has 0 spiro atoms. The fraction of sp³-hybridized carbons (Fsp3) is 0.500. The van der Waals surface area contributed by atoms with Crippen molar-refractivity contribution in [2.45, 2.75) is 51.0 Å². The largest absolute Gasteiger partial charge is 0.433 e. The van der Waals surface area contributed by atoms with Crippen molar-refractivity contribution in [2.75, 3.05) is 18.0 Å². The molecule has 0 amide bonds. The number of rotatable bonds is 5. The van der Waals surface area contributed by atoms with Gasteiger partial charge in [0.15, 0.2) is 0 Å². The van der Waals surface area contributed by atoms with Crippen LogP contribution in [0.25, 0.3) is 0 Å². The zero-order valence-corrected chi connectivity index (χ0v) is 15.3. The van der Waals surface area contributed by atoms with E-state index in [0.717, 1.165) is 45.0 Å². The van der Waals surface area contributed by atoms with E-state index in [9.17, 15) is 13.2 Å². The summed E-state index contributed by atoms with van der Waals surface area (Å²) in [4.78, 5) is 12.4. The van der Waals surface area contributed by atoms with Crippen molar-refractivity contribution in [2.24, 2.45) is 0 Å². The molecule has 2 aliphatic rings. The minimum absolute atomic E-state index is 0.159. The van der Waals surface area contributed by atoms with Crippen molar-refractivity contribution in [1.29, 1.82) is 0 Å². The lowest BCUT2D eigenvalue weighted by Crippen LogP contribution is -2.40. The smallest absolute Gasteiger partial charge is 0.334 e. The van der Waals surface area contributed by atoms with E-state index in [1.807, 2.05) is 4.90 Å². The van der Waals surface area contributed by atoms with Crippen LogP contribution in [0.2, 0.25) is 0 Å². The van der Waals surface area contributed by atoms with Gasteiger partial charge in [-0.25, -0.2) is 9.97 Å². The molecule has 144 valence electrons. The summed E-state index contributed by atoms with van der Waals surface area (Å²) >= 11 is 0. The van der Waals surface area contributed by atoms with Crippen LogP contribution in [-0.4, -0.2) is 40.0 Å². The van der Waals surface area contributed by atoms with Gasteiger partial charge in [0.2, 0.25) is 5.95 Å². The molecule has 27 heavy (non-hydrogen) atoms. The third-order valence-electron chi connectivity index (χ3n) is 5.27. The minimum Gasteiger partial charge on any atom is -0.334 e. The van der Waals surface area contributed by atoms with E-state index < -0.39 is 11.9 Å². The van der Waals surface area contributed by atoms with Gasteiger partial charge in [-0.3, -0.25) is 4.90 Å². The Bertz CT molecular complexity index is 787. The maximum atomic E-state index is 13.0. The van der Waals surface area contributed by atoms with Crippen LogP contribution in [-0.2, 0) is 12.7 Å². The monoisotopic (exact) mass is 376 g/mol. The lowest BCUT2D eigenvalue weighted by molar-refractivity contribution is -0.141. The van der Waals surface area contributed by atoms with E-state index in [1.165, 1.54) is 17.3 Å². The average Bonchev–Trinajstić information content (AvgIpc) is 3.36. The summed E-state index contributed by atoms with van der Waals surface area (Å²) in [5, 5.41) is 0. The summed E-state index contributed by atoms with van der Waals surface area (Å²) in [6, 6.07) is 9.84. The standard InChI is InChI=1S/C20H23F3N4/c1-14-2-4-15(5-3-14)12-26-11-9-17(13-26)27(16-6-7-16)19-24-10-8-18(25-19)20(21,22)23/h2-5,8,10,16-17H,6-7,9,11-13H2,1H3. The van der Waals surface area contributed by atoms with Crippen molar-refractivity contribution in [1.82, 2.24) is 14.9 Å². The number of nitrogens with zero attached hydrogens (tertiary/aromatic N) is 4. The fourth-order valence-corrected chi connectivity index (χ4v) is 3.74. The molecule has 1 atom stereocenters. The summed E-state index contributed by atoms with van der Waals surface area (Å²) in [5.41, 5.74) is 1.63. The van der Waals surface area contributed by atoms with Crippen LogP contribution in [0.15, 0.2) is 36.5 Å². The molecule has 1 saturated heterocycles. The van der Waals surface area contributed by atoms with E-state index in [4.69, 9.17) is 0 Å². The Hall–Kier alpha value is -2.15. The highest BCUT2D eigenvalue weighted by atomic mass is 19.4. The molecular weight excluding hydrogens is 353 g/mol. The Morgan fingerprint density at radius 1 is 1.07 bits per heavy atom. The van der Waals surface area contributed by atoms with E-state index in [2.05, 4.69) is 46.1 Å². The first kappa shape index (κ1) is 18.2. The zero-order valence-electron chi connectivity index (χ0n) is 15.3. The van der Waals surface area contributed by atoms with Gasteiger partial charge in [-0.05, 0) is 37.8 Å². The number of alkyl halides is 3. The summed E-state index contributed by atoms with van der Waals surface area (Å²) in [5.74, 6) is 0.217. The fourth-order valence-electron chi connectivity index (χ4n) is 3.74. The average molecular weight is 376 g/mol. The van der Waals surface area contributed by atoms with Gasteiger partial charge in [-0.2, -0.15) is 13.2 Å². The Morgan fingerprint density at radius 2 is 1.81 bits per heavy atom. The number of halogens is 3. The van der Waals surface area contributed by atoms with Gasteiger partial charge in [0.05, 0.1) is 0 Å². The quantitative estimate of drug-likeness (QED) is 0.788. The number of anilines is 1. The van der Waals surface area contributed by atoms with E-state index >= 15 is 0 Å². The highest BCUT2D eigenvalue weighted by molar-refractivity contribution is 5.37. The van der Waals surface area contributed by atoms with Crippen LogP contribution in [0.1, 0.15) is 36.1 Å². The van der Waals surface area contributed by atoms with Gasteiger partial charge in [-0.15, -0.1) is 0 Å². The number of aryl methyl sites for hydroxylation is 1. The maximum Gasteiger partial charge on any atom is 0.433 e. The second-order valence-electron chi connectivity index (χ2n) is 7.54. The van der Waals surface area contributed by atoms with Gasteiger partial charge in [0, 0.05) is 37.9 Å². The first-order valence-corrected chi connectivity index (χ1v) is 9.36. The highest BCUT2D eigenvalue weighted by Crippen LogP contribution is 2.36. The molecule has 0 bridgehead atoms. The van der Waals surface area contributed by atoms with Crippen LogP contribution >= 0.6 is 0 Å². The summed E-state index contributed by atoms with van der Waals surface area (Å²) in [6.45, 7) is 4.68. The molecule has 1 saturated carbocycles. The number of hydrogen-bond acceptors (Lipinski definition) is 4. The Labute approximate surface area is 157 Å². The molecular formula is C20H23F3N4. The molecule has 0 radical (unpaired) electrons. The summed E-state index contributed by atoms with van der Waals surface area (Å²) < 4.78 is 39.1. The molecule has 2 fully saturated rings. The van der Waals surface area contributed by atoms with Crippen LogP contribution < -0.4 is 4.90 Å². The Balaban J connectivity index is 1.48. The minimum atomic E-state index is -4.44. The van der Waals surface area contributed by atoms with Gasteiger partial charge in [0.1, 0.15) is 5.69 Å². The lowest BCUT2D eigenvalue weighted by Gasteiger charge is -2.29. The molecule has 1 aliphatic heterocycles. The van der Waals surface area contributed by atoms with Crippen molar-refractivity contribution >= 4 is 5.95 Å². The van der Waals surface area contributed by atoms with Crippen LogP contribution in [0.3, 0.4) is 0 Å². The van der Waals surface area contributed by atoms with Gasteiger partial charge < -0.3 is 4.90 Å². The third kappa shape index (κ3) is 4.24. The van der Waals surface area contributed by atoms with Crippen molar-refractivity contribution < 1.29 is 13.2 Å². The normalized spacial score (nSPS) is 20.8. The predicted octanol–water partition coefficient (Wildman–Crippen LogP) is 4.05. The van der Waals surface area contributed by atoms with Crippen LogP contribution in [0.4, 0.5) is 19.1 Å². The van der Waals surface area contributed by atoms with E-state index in [0.29, 0.717) is 0 Å². The molecule has 2 aromatic rings. The summed E-state index contributed by atoms with van der Waals surface area (Å²) in [6.07, 6.45) is -0.316. The SMILES string of the molecule is Cc1ccc(CN2CCC(N(c3nccc(C(F)(F)F)n3)C3CC3)C2)cc1. The zero-order chi connectivity index (χ0) is 19.0. The molecule has 0 N–H and O–H groups in total. The van der Waals surface area contributed by atoms with Crippen LogP contribution in [0.5, 0.6) is 0 Å². The predicted molar refractivity (Wildman–Crippen MR) is 97.4 cm³/mol. The topological polar surface area (TPSA) is 32.3 Å². The molecule has 2 heterocycles. The molecule has 1 aromatic carbocycles. The van der Waals surface area contributed by atoms with Crippen LogP contribution in [0, 0.1) is 6.92 Å². The lowest BCUT2D eigenvalue weighted by atomic mass is 10.1. The number of hydrogen-bond donors (Lipinski definition) is 0. The molecule has 1 aromatic heterocycles. The Kier molecular flexibility index (Phi) is 4.80. The van der Waals surface area contributed by atoms with Gasteiger partial charge in [0.25, 0.3) is 0 Å². The molecule has 7 heteroatoms. The first-order valence-electron chi connectivity index (χ1n) is 9.36. The summed E-state index contributed by atoms with van der Waals surface area (Å²) in [7, 11) is 0. The van der Waals surface area contributed by atoms with E-state index in [-0.39, 0.29) is 18.0 Å². The number of benzene rings is 1.